The van der Waals surface area contributed by atoms with Crippen molar-refractivity contribution in [3.05, 3.63) is 56.9 Å². The molecular weight excluding hydrogens is 396 g/mol. The Kier molecular flexibility index (Phi) is 5.04. The molecule has 2 amide bonds. The first-order chi connectivity index (χ1) is 13.4. The average molecular weight is 417 g/mol. The lowest BCUT2D eigenvalue weighted by Gasteiger charge is -2.37. The van der Waals surface area contributed by atoms with E-state index in [4.69, 9.17) is 16.3 Å². The van der Waals surface area contributed by atoms with Gasteiger partial charge in [-0.1, -0.05) is 17.7 Å². The number of ether oxygens (including phenoxy) is 1. The zero-order valence-corrected chi connectivity index (χ0v) is 17.5. The molecule has 0 aliphatic carbocycles. The molecule has 146 valence electrons. The van der Waals surface area contributed by atoms with Gasteiger partial charge in [-0.15, -0.1) is 11.3 Å². The Morgan fingerprint density at radius 3 is 2.43 bits per heavy atom. The number of halogens is 1. The first-order valence-electron chi connectivity index (χ1n) is 9.20. The predicted octanol–water partition coefficient (Wildman–Crippen LogP) is 4.10. The Morgan fingerprint density at radius 2 is 1.82 bits per heavy atom. The number of anilines is 1. The third-order valence-electron chi connectivity index (χ3n) is 4.96. The van der Waals surface area contributed by atoms with E-state index >= 15 is 0 Å². The van der Waals surface area contributed by atoms with Crippen LogP contribution < -0.4 is 4.90 Å². The summed E-state index contributed by atoms with van der Waals surface area (Å²) in [5.74, 6) is -0.584. The van der Waals surface area contributed by atoms with Crippen LogP contribution in [0.1, 0.15) is 24.3 Å². The number of carbonyl (C=O) groups is 2. The Bertz CT molecular complexity index is 960. The summed E-state index contributed by atoms with van der Waals surface area (Å²) >= 11 is 7.53. The minimum absolute atomic E-state index is 0.0185. The minimum Gasteiger partial charge on any atom is -0.372 e. The van der Waals surface area contributed by atoms with E-state index in [1.807, 2.05) is 43.2 Å². The lowest BCUT2D eigenvalue weighted by Crippen LogP contribution is -2.47. The third kappa shape index (κ3) is 3.26. The molecule has 0 spiro atoms. The van der Waals surface area contributed by atoms with E-state index in [2.05, 4.69) is 0 Å². The maximum Gasteiger partial charge on any atom is 0.282 e. The van der Waals surface area contributed by atoms with Gasteiger partial charge in [0.25, 0.3) is 11.8 Å². The Morgan fingerprint density at radius 1 is 1.11 bits per heavy atom. The van der Waals surface area contributed by atoms with Crippen LogP contribution in [0, 0.1) is 6.92 Å². The fourth-order valence-corrected chi connectivity index (χ4v) is 4.89. The highest BCUT2D eigenvalue weighted by atomic mass is 35.5. The van der Waals surface area contributed by atoms with Crippen LogP contribution in [-0.2, 0) is 14.3 Å². The van der Waals surface area contributed by atoms with Crippen LogP contribution in [0.4, 0.5) is 5.69 Å². The molecule has 0 N–H and O–H groups in total. The van der Waals surface area contributed by atoms with Crippen molar-refractivity contribution in [3.8, 4) is 0 Å². The van der Waals surface area contributed by atoms with Crippen LogP contribution in [0.2, 0.25) is 5.02 Å². The Balaban J connectivity index is 1.82. The van der Waals surface area contributed by atoms with Crippen molar-refractivity contribution >= 4 is 46.0 Å². The van der Waals surface area contributed by atoms with Gasteiger partial charge in [0.2, 0.25) is 0 Å². The molecule has 4 rings (SSSR count). The van der Waals surface area contributed by atoms with Crippen LogP contribution in [-0.4, -0.2) is 42.0 Å². The summed E-state index contributed by atoms with van der Waals surface area (Å²) in [4.78, 5) is 31.0. The van der Waals surface area contributed by atoms with Crippen molar-refractivity contribution in [2.24, 2.45) is 0 Å². The highest BCUT2D eigenvalue weighted by molar-refractivity contribution is 7.11. The van der Waals surface area contributed by atoms with E-state index in [9.17, 15) is 9.59 Å². The number of morpholine rings is 1. The van der Waals surface area contributed by atoms with Gasteiger partial charge in [-0.3, -0.25) is 9.59 Å². The third-order valence-corrected chi connectivity index (χ3v) is 6.09. The summed E-state index contributed by atoms with van der Waals surface area (Å²) < 4.78 is 5.82. The van der Waals surface area contributed by atoms with Gasteiger partial charge in [0.15, 0.2) is 0 Å². The number of amides is 2. The van der Waals surface area contributed by atoms with Crippen LogP contribution in [0.15, 0.2) is 41.4 Å². The van der Waals surface area contributed by atoms with Crippen molar-refractivity contribution in [2.45, 2.75) is 33.0 Å². The summed E-state index contributed by atoms with van der Waals surface area (Å²) in [6, 6.07) is 8.97. The average Bonchev–Trinajstić information content (AvgIpc) is 3.21. The molecule has 0 radical (unpaired) electrons. The molecule has 2 atom stereocenters. The monoisotopic (exact) mass is 416 g/mol. The van der Waals surface area contributed by atoms with Crippen LogP contribution >= 0.6 is 22.9 Å². The molecule has 1 fully saturated rings. The molecule has 2 aliphatic heterocycles. The topological polar surface area (TPSA) is 49.9 Å². The zero-order valence-electron chi connectivity index (χ0n) is 15.9. The first-order valence-corrected chi connectivity index (χ1v) is 10.5. The van der Waals surface area contributed by atoms with Gasteiger partial charge in [0.1, 0.15) is 5.70 Å². The van der Waals surface area contributed by atoms with Crippen molar-refractivity contribution < 1.29 is 14.3 Å². The molecule has 28 heavy (non-hydrogen) atoms. The molecule has 2 aromatic rings. The summed E-state index contributed by atoms with van der Waals surface area (Å²) in [5, 5.41) is 2.49. The molecule has 1 aromatic heterocycles. The molecule has 2 unspecified atom stereocenters. The van der Waals surface area contributed by atoms with E-state index < -0.39 is 0 Å². The standard InChI is InChI=1S/C21H21ClN2O3S/c1-12-9-15(22)6-7-16(12)24-20(25)18(17-5-4-8-28-17)19(21(24)26)23-10-13(2)27-14(3)11-23/h4-9,13-14H,10-11H2,1-3H3. The number of imide groups is 1. The van der Waals surface area contributed by atoms with Crippen molar-refractivity contribution in [2.75, 3.05) is 18.0 Å². The quantitative estimate of drug-likeness (QED) is 0.707. The predicted molar refractivity (Wildman–Crippen MR) is 112 cm³/mol. The fraction of sp³-hybridized carbons (Fsp3) is 0.333. The molecule has 5 nitrogen and oxygen atoms in total. The molecule has 0 saturated carbocycles. The Hall–Kier alpha value is -2.15. The Labute approximate surface area is 173 Å². The number of rotatable bonds is 3. The summed E-state index contributed by atoms with van der Waals surface area (Å²) in [7, 11) is 0. The van der Waals surface area contributed by atoms with Gasteiger partial charge < -0.3 is 9.64 Å². The summed E-state index contributed by atoms with van der Waals surface area (Å²) in [6.45, 7) is 6.96. The van der Waals surface area contributed by atoms with Crippen LogP contribution in [0.25, 0.3) is 5.57 Å². The van der Waals surface area contributed by atoms with Gasteiger partial charge >= 0.3 is 0 Å². The van der Waals surface area contributed by atoms with E-state index in [0.29, 0.717) is 35.1 Å². The van der Waals surface area contributed by atoms with Crippen molar-refractivity contribution in [1.29, 1.82) is 0 Å². The van der Waals surface area contributed by atoms with Gasteiger partial charge in [-0.2, -0.15) is 0 Å². The largest absolute Gasteiger partial charge is 0.372 e. The molecule has 2 aliphatic rings. The molecule has 7 heteroatoms. The van der Waals surface area contributed by atoms with Gasteiger partial charge in [0, 0.05) is 23.0 Å². The van der Waals surface area contributed by atoms with Gasteiger partial charge in [0.05, 0.1) is 23.5 Å². The molecule has 1 aromatic carbocycles. The summed E-state index contributed by atoms with van der Waals surface area (Å²) in [5.41, 5.74) is 2.28. The number of hydrogen-bond donors (Lipinski definition) is 0. The van der Waals surface area contributed by atoms with Crippen molar-refractivity contribution in [1.82, 2.24) is 4.90 Å². The van der Waals surface area contributed by atoms with Crippen molar-refractivity contribution in [3.63, 3.8) is 0 Å². The lowest BCUT2D eigenvalue weighted by molar-refractivity contribution is -0.121. The number of thiophene rings is 1. The molecule has 3 heterocycles. The number of aryl methyl sites for hydroxylation is 1. The fourth-order valence-electron chi connectivity index (χ4n) is 3.90. The molecular formula is C21H21ClN2O3S. The van der Waals surface area contributed by atoms with Gasteiger partial charge in [-0.05, 0) is 56.0 Å². The highest BCUT2D eigenvalue weighted by Crippen LogP contribution is 2.38. The van der Waals surface area contributed by atoms with E-state index in [1.165, 1.54) is 16.2 Å². The van der Waals surface area contributed by atoms with E-state index in [-0.39, 0.29) is 24.0 Å². The SMILES string of the molecule is Cc1cc(Cl)ccc1N1C(=O)C(c2cccs2)=C(N2CC(C)OC(C)C2)C1=O. The maximum absolute atomic E-state index is 13.5. The highest BCUT2D eigenvalue weighted by Gasteiger charge is 2.44. The molecule has 0 bridgehead atoms. The number of benzene rings is 1. The lowest BCUT2D eigenvalue weighted by atomic mass is 10.1. The first kappa shape index (κ1) is 19.2. The minimum atomic E-state index is -0.292. The second kappa shape index (κ2) is 7.35. The zero-order chi connectivity index (χ0) is 20.0. The normalized spacial score (nSPS) is 23.1. The van der Waals surface area contributed by atoms with E-state index in [0.717, 1.165) is 10.4 Å². The van der Waals surface area contributed by atoms with Gasteiger partial charge in [-0.25, -0.2) is 4.90 Å². The van der Waals surface area contributed by atoms with E-state index in [1.54, 1.807) is 18.2 Å². The van der Waals surface area contributed by atoms with Crippen LogP contribution in [0.5, 0.6) is 0 Å². The van der Waals surface area contributed by atoms with Crippen LogP contribution in [0.3, 0.4) is 0 Å². The smallest absolute Gasteiger partial charge is 0.282 e. The maximum atomic E-state index is 13.5. The molecule has 1 saturated heterocycles. The second-order valence-corrected chi connectivity index (χ2v) is 8.62. The second-order valence-electron chi connectivity index (χ2n) is 7.24. The number of hydrogen-bond acceptors (Lipinski definition) is 5. The summed E-state index contributed by atoms with van der Waals surface area (Å²) in [6.07, 6.45) is -0.0369. The number of nitrogens with zero attached hydrogens (tertiary/aromatic N) is 2. The number of carbonyl (C=O) groups excluding carboxylic acids is 2.